The minimum atomic E-state index is -0.203. The summed E-state index contributed by atoms with van der Waals surface area (Å²) in [4.78, 5) is 24.5. The average Bonchev–Trinajstić information content (AvgIpc) is 2.98. The first kappa shape index (κ1) is 26.9. The smallest absolute Gasteiger partial charge is 0.230 e. The molecule has 8 nitrogen and oxygen atoms in total. The van der Waals surface area contributed by atoms with Crippen molar-refractivity contribution in [2.45, 2.75) is 6.42 Å². The molecular formula is C19H27N2O6U-. The van der Waals surface area contributed by atoms with Crippen molar-refractivity contribution in [3.05, 3.63) is 24.4 Å². The maximum Gasteiger partial charge on any atom is 0.230 e. The van der Waals surface area contributed by atoms with Crippen LogP contribution in [0.15, 0.2) is 17.8 Å². The molecule has 0 aromatic carbocycles. The predicted molar refractivity (Wildman–Crippen MR) is 98.4 cm³/mol. The zero-order valence-corrected chi connectivity index (χ0v) is 20.1. The number of carbonyl (C=O) groups excluding carboxylic acids is 2. The van der Waals surface area contributed by atoms with Crippen molar-refractivity contribution in [2.75, 3.05) is 65.9 Å². The van der Waals surface area contributed by atoms with E-state index >= 15 is 0 Å². The van der Waals surface area contributed by atoms with Crippen molar-refractivity contribution >= 4 is 11.8 Å². The minimum absolute atomic E-state index is 0. The van der Waals surface area contributed by atoms with Gasteiger partial charge in [0.25, 0.3) is 0 Å². The molecule has 1 rings (SSSR count). The van der Waals surface area contributed by atoms with Crippen LogP contribution in [0.3, 0.4) is 0 Å². The monoisotopic (exact) mass is 617 g/mol. The number of allylic oxidation sites excluding steroid dienone is 1. The van der Waals surface area contributed by atoms with Crippen molar-refractivity contribution in [3.63, 3.8) is 0 Å². The van der Waals surface area contributed by atoms with E-state index < -0.39 is 0 Å². The molecule has 154 valence electrons. The van der Waals surface area contributed by atoms with E-state index in [1.807, 2.05) is 0 Å². The fourth-order valence-electron chi connectivity index (χ4n) is 2.06. The number of carbonyl (C=O) groups is 2. The van der Waals surface area contributed by atoms with Gasteiger partial charge in [-0.05, 0) is 0 Å². The number of rotatable bonds is 16. The van der Waals surface area contributed by atoms with E-state index in [-0.39, 0.29) is 55.9 Å². The first-order valence-corrected chi connectivity index (χ1v) is 8.78. The third-order valence-corrected chi connectivity index (χ3v) is 3.41. The van der Waals surface area contributed by atoms with E-state index in [2.05, 4.69) is 11.2 Å². The van der Waals surface area contributed by atoms with Gasteiger partial charge in [-0.15, -0.1) is 12.1 Å². The van der Waals surface area contributed by atoms with Crippen LogP contribution in [0.1, 0.15) is 6.42 Å². The summed E-state index contributed by atoms with van der Waals surface area (Å²) in [6.45, 7) is 9.75. The van der Waals surface area contributed by atoms with Crippen LogP contribution in [0, 0.1) is 50.0 Å². The summed E-state index contributed by atoms with van der Waals surface area (Å²) in [5.74, 6) is 2.01. The number of nitrogens with zero attached hydrogens (tertiary/aromatic N) is 1. The molecule has 0 fully saturated rings. The fourth-order valence-corrected chi connectivity index (χ4v) is 2.06. The van der Waals surface area contributed by atoms with Crippen molar-refractivity contribution in [1.29, 1.82) is 0 Å². The fraction of sp³-hybridized carbons (Fsp3) is 0.579. The topological polar surface area (TPSA) is 86.3 Å². The number of amides is 2. The van der Waals surface area contributed by atoms with E-state index in [0.717, 1.165) is 0 Å². The summed E-state index contributed by atoms with van der Waals surface area (Å²) in [7, 11) is 0. The van der Waals surface area contributed by atoms with E-state index in [1.165, 1.54) is 17.1 Å². The maximum atomic E-state index is 11.7. The Balaban J connectivity index is 0.00000729. The Kier molecular flexibility index (Phi) is 17.2. The Morgan fingerprint density at radius 2 is 1.61 bits per heavy atom. The third kappa shape index (κ3) is 13.1. The summed E-state index contributed by atoms with van der Waals surface area (Å²) in [5.41, 5.74) is 0.360. The first-order valence-electron chi connectivity index (χ1n) is 8.78. The number of terminal acetylenes is 1. The standard InChI is InChI=1S/C19H27N2O6.U/c1-3-9-24-11-13-26-15-16-27-14-12-25-10-7-20-18(22)6-8-21-17(2)4-5-19(21)23;/h1-2,4-5H,6-16H2,(H,20,22);/q-1;. The molecule has 0 unspecified atom stereocenters. The Labute approximate surface area is 190 Å². The molecule has 9 heteroatoms. The van der Waals surface area contributed by atoms with Gasteiger partial charge in [-0.3, -0.25) is 16.2 Å². The Morgan fingerprint density at radius 3 is 2.14 bits per heavy atom. The Morgan fingerprint density at radius 1 is 1.04 bits per heavy atom. The van der Waals surface area contributed by atoms with Crippen LogP contribution in [0.25, 0.3) is 0 Å². The summed E-state index contributed by atoms with van der Waals surface area (Å²) < 4.78 is 21.0. The molecule has 28 heavy (non-hydrogen) atoms. The minimum Gasteiger partial charge on any atom is -0.377 e. The van der Waals surface area contributed by atoms with E-state index in [9.17, 15) is 9.59 Å². The second kappa shape index (κ2) is 17.9. The molecule has 2 amide bonds. The van der Waals surface area contributed by atoms with Crippen LogP contribution in [0.5, 0.6) is 0 Å². The van der Waals surface area contributed by atoms with Crippen LogP contribution in [-0.2, 0) is 28.5 Å². The second-order valence-corrected chi connectivity index (χ2v) is 5.44. The molecule has 0 aromatic rings. The van der Waals surface area contributed by atoms with Gasteiger partial charge in [-0.25, -0.2) is 0 Å². The summed E-state index contributed by atoms with van der Waals surface area (Å²) >= 11 is 0. The van der Waals surface area contributed by atoms with Gasteiger partial charge in [0.1, 0.15) is 6.61 Å². The Bertz CT molecular complexity index is 529. The van der Waals surface area contributed by atoms with E-state index in [4.69, 9.17) is 31.9 Å². The van der Waals surface area contributed by atoms with Gasteiger partial charge >= 0.3 is 0 Å². The summed E-state index contributed by atoms with van der Waals surface area (Å²) in [6, 6.07) is 0. The predicted octanol–water partition coefficient (Wildman–Crippen LogP) is -0.0924. The van der Waals surface area contributed by atoms with Crippen LogP contribution >= 0.6 is 0 Å². The molecule has 0 bridgehead atoms. The van der Waals surface area contributed by atoms with Gasteiger partial charge in [-0.1, -0.05) is 12.0 Å². The van der Waals surface area contributed by atoms with Gasteiger partial charge < -0.3 is 29.2 Å². The molecule has 0 saturated carbocycles. The van der Waals surface area contributed by atoms with Gasteiger partial charge in [0.05, 0.1) is 46.2 Å². The molecule has 0 atom stereocenters. The number of hydrogen-bond acceptors (Lipinski definition) is 6. The number of hydrogen-bond donors (Lipinski definition) is 1. The summed E-state index contributed by atoms with van der Waals surface area (Å²) in [6.07, 6.45) is 8.13. The molecule has 0 aromatic heterocycles. The van der Waals surface area contributed by atoms with E-state index in [0.29, 0.717) is 65.1 Å². The summed E-state index contributed by atoms with van der Waals surface area (Å²) in [5, 5.41) is 2.72. The second-order valence-electron chi connectivity index (χ2n) is 5.44. The molecule has 0 spiro atoms. The SMILES string of the molecule is C#CCOCCOCCOCCOCCNC(=O)CCN1C(=[CH-])C=CC1=O.[U]. The van der Waals surface area contributed by atoms with Crippen LogP contribution in [-0.4, -0.2) is 82.7 Å². The van der Waals surface area contributed by atoms with Crippen molar-refractivity contribution in [2.24, 2.45) is 0 Å². The van der Waals surface area contributed by atoms with Crippen molar-refractivity contribution < 1.29 is 59.6 Å². The Hall–Kier alpha value is -1.13. The largest absolute Gasteiger partial charge is 0.377 e. The molecule has 0 aliphatic carbocycles. The molecule has 0 saturated heterocycles. The van der Waals surface area contributed by atoms with Crippen LogP contribution in [0.4, 0.5) is 0 Å². The van der Waals surface area contributed by atoms with Crippen molar-refractivity contribution in [3.8, 4) is 12.3 Å². The van der Waals surface area contributed by atoms with Crippen molar-refractivity contribution in [1.82, 2.24) is 10.2 Å². The van der Waals surface area contributed by atoms with Crippen LogP contribution in [0.2, 0.25) is 0 Å². The molecule has 0 radical (unpaired) electrons. The quantitative estimate of drug-likeness (QED) is 0.148. The zero-order chi connectivity index (χ0) is 19.7. The van der Waals surface area contributed by atoms with Gasteiger partial charge in [-0.2, -0.15) is 6.08 Å². The van der Waals surface area contributed by atoms with Gasteiger partial charge in [0.2, 0.25) is 11.8 Å². The zero-order valence-electron chi connectivity index (χ0n) is 16.0. The molecule has 1 aliphatic heterocycles. The van der Waals surface area contributed by atoms with Gasteiger partial charge in [0, 0.05) is 50.6 Å². The number of ether oxygens (including phenoxy) is 4. The normalized spacial score (nSPS) is 12.8. The van der Waals surface area contributed by atoms with Crippen LogP contribution < -0.4 is 5.32 Å². The molecule has 1 aliphatic rings. The first-order chi connectivity index (χ1) is 13.1. The molecular weight excluding hydrogens is 590 g/mol. The van der Waals surface area contributed by atoms with E-state index in [1.54, 1.807) is 0 Å². The average molecular weight is 617 g/mol. The molecule has 1 N–H and O–H groups in total. The number of nitrogens with one attached hydrogen (secondary N) is 1. The van der Waals surface area contributed by atoms with Gasteiger partial charge in [0.15, 0.2) is 0 Å². The maximum absolute atomic E-state index is 11.7. The molecule has 1 heterocycles. The third-order valence-electron chi connectivity index (χ3n) is 3.41.